The molecule has 0 atom stereocenters. The van der Waals surface area contributed by atoms with Crippen molar-refractivity contribution in [1.29, 1.82) is 0 Å². The van der Waals surface area contributed by atoms with Gasteiger partial charge < -0.3 is 46.7 Å². The van der Waals surface area contributed by atoms with Gasteiger partial charge in [0, 0.05) is 26.4 Å². The standard InChI is InChI=1S/C18H38N3P2.C3H7NO.BrH.2ClH.Ru/c1-15(2)22(16(3)4)13-11-20-9-10-21(19-20)12-14-23(17(5)6)18(7)8;1-4(2)3-5;;;;/h9-10,15-18H,11-14H2,1-8H3;3H,1-2H3;3*1H;/q+1;;;;;+2/p-3. The zero-order valence-corrected chi connectivity index (χ0v) is 28.1. The summed E-state index contributed by atoms with van der Waals surface area (Å²) in [6.45, 7) is 21.1. The van der Waals surface area contributed by atoms with Gasteiger partial charge >= 0.3 is 19.5 Å². The molecule has 5 nitrogen and oxygen atoms in total. The van der Waals surface area contributed by atoms with Gasteiger partial charge in [0.2, 0.25) is 6.41 Å². The van der Waals surface area contributed by atoms with Gasteiger partial charge in [-0.05, 0) is 22.6 Å². The molecule has 0 fully saturated rings. The summed E-state index contributed by atoms with van der Waals surface area (Å²) in [6.07, 6.45) is 7.64. The van der Waals surface area contributed by atoms with E-state index in [1.807, 2.05) is 0 Å². The minimum atomic E-state index is 0. The predicted molar refractivity (Wildman–Crippen MR) is 126 cm³/mol. The molecule has 1 heterocycles. The second kappa shape index (κ2) is 23.9. The third-order valence-electron chi connectivity index (χ3n) is 4.68. The Morgan fingerprint density at radius 1 is 0.906 bits per heavy atom. The number of hydrogen-bond donors (Lipinski definition) is 0. The largest absolute Gasteiger partial charge is 2.00 e. The van der Waals surface area contributed by atoms with E-state index in [1.54, 1.807) is 14.1 Å². The Labute approximate surface area is 236 Å². The fourth-order valence-corrected chi connectivity index (χ4v) is 8.58. The second-order valence-corrected chi connectivity index (χ2v) is 15.7. The van der Waals surface area contributed by atoms with E-state index in [4.69, 9.17) is 5.21 Å². The molecule has 0 saturated carbocycles. The van der Waals surface area contributed by atoms with Crippen LogP contribution < -0.4 is 46.5 Å². The molecule has 194 valence electrons. The SMILES string of the molecule is CC(C)P(CCn1cc[n+](CCP(C(C)C)C(C)C)n1)C(C)C.CN(C)C=O.[Br-].[Cl-].[Cl-].[Ru+2]. The van der Waals surface area contributed by atoms with Crippen molar-refractivity contribution in [3.63, 3.8) is 0 Å². The maximum absolute atomic E-state index is 9.43. The van der Waals surface area contributed by atoms with Crippen molar-refractivity contribution in [3.8, 4) is 0 Å². The molecule has 1 amide bonds. The van der Waals surface area contributed by atoms with Crippen LogP contribution in [0, 0.1) is 0 Å². The number of aromatic nitrogens is 3. The van der Waals surface area contributed by atoms with Crippen LogP contribution in [0.3, 0.4) is 0 Å². The molecule has 0 radical (unpaired) electrons. The van der Waals surface area contributed by atoms with Crippen LogP contribution >= 0.6 is 15.8 Å². The first kappa shape index (κ1) is 43.2. The van der Waals surface area contributed by atoms with Gasteiger partial charge in [0.15, 0.2) is 12.4 Å². The second-order valence-electron chi connectivity index (χ2n) is 8.63. The molecule has 0 N–H and O–H groups in total. The minimum absolute atomic E-state index is 0. The summed E-state index contributed by atoms with van der Waals surface area (Å²) in [4.78, 5) is 10.9. The molecule has 0 unspecified atom stereocenters. The molecule has 32 heavy (non-hydrogen) atoms. The molecule has 0 aliphatic rings. The quantitative estimate of drug-likeness (QED) is 0.102. The number of hydrogen-bond acceptors (Lipinski definition) is 2. The smallest absolute Gasteiger partial charge is 1.00 e. The number of amides is 1. The summed E-state index contributed by atoms with van der Waals surface area (Å²) in [6, 6.07) is 0. The number of aryl methyl sites for hydroxylation is 2. The van der Waals surface area contributed by atoms with Crippen molar-refractivity contribution in [1.82, 2.24) is 14.8 Å². The average Bonchev–Trinajstić information content (AvgIpc) is 3.02. The molecule has 0 aliphatic heterocycles. The summed E-state index contributed by atoms with van der Waals surface area (Å²) >= 11 is 0. The van der Waals surface area contributed by atoms with Crippen molar-refractivity contribution in [2.45, 2.75) is 91.1 Å². The molecular formula is C21H45BrCl2N4OP2Ru. The van der Waals surface area contributed by atoms with E-state index in [2.05, 4.69) is 77.1 Å². The van der Waals surface area contributed by atoms with E-state index in [9.17, 15) is 4.79 Å². The van der Waals surface area contributed by atoms with E-state index >= 15 is 0 Å². The summed E-state index contributed by atoms with van der Waals surface area (Å²) in [7, 11) is 3.58. The Hall–Kier alpha value is 1.15. The fraction of sp³-hybridized carbons (Fsp3) is 0.857. The Morgan fingerprint density at radius 3 is 1.62 bits per heavy atom. The monoisotopic (exact) mass is 682 g/mol. The molecule has 0 saturated heterocycles. The zero-order chi connectivity index (χ0) is 21.9. The van der Waals surface area contributed by atoms with Gasteiger partial charge in [0.05, 0.1) is 5.21 Å². The fourth-order valence-electron chi connectivity index (χ4n) is 3.26. The molecule has 11 heteroatoms. The van der Waals surface area contributed by atoms with Gasteiger partial charge in [-0.3, -0.25) is 4.79 Å². The Morgan fingerprint density at radius 2 is 1.28 bits per heavy atom. The molecule has 0 aliphatic carbocycles. The van der Waals surface area contributed by atoms with Crippen LogP contribution in [0.25, 0.3) is 0 Å². The van der Waals surface area contributed by atoms with Gasteiger partial charge in [-0.15, -0.1) is 9.36 Å². The Balaban J connectivity index is -0.000000243. The first-order valence-electron chi connectivity index (χ1n) is 10.6. The van der Waals surface area contributed by atoms with Crippen LogP contribution in [0.5, 0.6) is 0 Å². The van der Waals surface area contributed by atoms with Gasteiger partial charge in [0.1, 0.15) is 13.1 Å². The maximum atomic E-state index is 9.43. The van der Waals surface area contributed by atoms with Gasteiger partial charge in [0.25, 0.3) is 0 Å². The van der Waals surface area contributed by atoms with Crippen molar-refractivity contribution < 1.29 is 70.7 Å². The third-order valence-corrected chi connectivity index (χ3v) is 11.4. The van der Waals surface area contributed by atoms with Crippen LogP contribution in [-0.2, 0) is 37.4 Å². The predicted octanol–water partition coefficient (Wildman–Crippen LogP) is -4.52. The van der Waals surface area contributed by atoms with E-state index in [-0.39, 0.29) is 77.1 Å². The van der Waals surface area contributed by atoms with Crippen LogP contribution in [0.2, 0.25) is 0 Å². The first-order valence-corrected chi connectivity index (χ1v) is 13.9. The van der Waals surface area contributed by atoms with Crippen LogP contribution in [0.1, 0.15) is 55.4 Å². The topological polar surface area (TPSA) is 42.0 Å². The van der Waals surface area contributed by atoms with E-state index in [0.29, 0.717) is 0 Å². The first-order chi connectivity index (χ1) is 13.0. The Bertz CT molecular complexity index is 499. The third kappa shape index (κ3) is 19.5. The number of carbonyl (C=O) groups excluding carboxylic acids is 1. The van der Waals surface area contributed by atoms with Crippen LogP contribution in [0.4, 0.5) is 0 Å². The molecular weight excluding hydrogens is 638 g/mol. The summed E-state index contributed by atoms with van der Waals surface area (Å²) in [5.74, 6) is 0. The van der Waals surface area contributed by atoms with Crippen molar-refractivity contribution >= 4 is 22.3 Å². The number of carbonyl (C=O) groups is 1. The summed E-state index contributed by atoms with van der Waals surface area (Å²) in [5.41, 5.74) is 3.25. The minimum Gasteiger partial charge on any atom is -1.00 e. The summed E-state index contributed by atoms with van der Waals surface area (Å²) < 4.78 is 4.29. The number of rotatable bonds is 11. The number of halogens is 3. The molecule has 1 aromatic rings. The molecule has 0 aromatic carbocycles. The Kier molecular flexibility index (Phi) is 32.3. The van der Waals surface area contributed by atoms with Crippen LogP contribution in [-0.4, -0.2) is 70.3 Å². The zero-order valence-electron chi connectivity index (χ0n) is 21.4. The normalized spacial score (nSPS) is 10.2. The molecule has 1 aromatic heterocycles. The van der Waals surface area contributed by atoms with E-state index in [1.165, 1.54) is 17.2 Å². The van der Waals surface area contributed by atoms with Crippen molar-refractivity contribution in [2.75, 3.05) is 26.4 Å². The van der Waals surface area contributed by atoms with Crippen molar-refractivity contribution in [2.24, 2.45) is 0 Å². The van der Waals surface area contributed by atoms with Gasteiger partial charge in [-0.1, -0.05) is 71.2 Å². The van der Waals surface area contributed by atoms with Crippen LogP contribution in [0.15, 0.2) is 12.4 Å². The number of nitrogens with zero attached hydrogens (tertiary/aromatic N) is 4. The van der Waals surface area contributed by atoms with Gasteiger partial charge in [-0.2, -0.15) is 0 Å². The molecule has 0 spiro atoms. The van der Waals surface area contributed by atoms with Gasteiger partial charge in [-0.25, -0.2) is 0 Å². The van der Waals surface area contributed by atoms with E-state index < -0.39 is 0 Å². The maximum Gasteiger partial charge on any atom is 2.00 e. The molecule has 0 bridgehead atoms. The van der Waals surface area contributed by atoms with E-state index in [0.717, 1.165) is 42.1 Å². The molecule has 1 rings (SSSR count). The summed E-state index contributed by atoms with van der Waals surface area (Å²) in [5, 5.41) is 4.75. The van der Waals surface area contributed by atoms with Crippen molar-refractivity contribution in [3.05, 3.63) is 12.4 Å². The average molecular weight is 683 g/mol.